The van der Waals surface area contributed by atoms with E-state index in [2.05, 4.69) is 19.5 Å². The van der Waals surface area contributed by atoms with Crippen molar-refractivity contribution in [3.05, 3.63) is 68.7 Å². The lowest BCUT2D eigenvalue weighted by atomic mass is 9.93. The van der Waals surface area contributed by atoms with E-state index >= 15 is 0 Å². The van der Waals surface area contributed by atoms with E-state index in [4.69, 9.17) is 23.8 Å². The summed E-state index contributed by atoms with van der Waals surface area (Å²) >= 11 is 11.9. The van der Waals surface area contributed by atoms with Gasteiger partial charge in [-0.3, -0.25) is 4.68 Å². The second-order valence-electron chi connectivity index (χ2n) is 8.25. The summed E-state index contributed by atoms with van der Waals surface area (Å²) < 4.78 is 21.5. The van der Waals surface area contributed by atoms with E-state index in [1.165, 1.54) is 23.0 Å². The van der Waals surface area contributed by atoms with Crippen LogP contribution in [0, 0.1) is 10.6 Å². The molecule has 0 saturated heterocycles. The number of aryl methyl sites for hydroxylation is 1. The summed E-state index contributed by atoms with van der Waals surface area (Å²) in [4.78, 5) is 0. The number of hydrogen-bond acceptors (Lipinski definition) is 3. The Hall–Kier alpha value is -1.96. The van der Waals surface area contributed by atoms with Gasteiger partial charge >= 0.3 is 0 Å². The van der Waals surface area contributed by atoms with Gasteiger partial charge < -0.3 is 14.5 Å². The highest BCUT2D eigenvalue weighted by Crippen LogP contribution is 2.66. The lowest BCUT2D eigenvalue weighted by Gasteiger charge is -2.15. The van der Waals surface area contributed by atoms with Gasteiger partial charge in [-0.1, -0.05) is 11.6 Å². The van der Waals surface area contributed by atoms with Gasteiger partial charge in [0.05, 0.1) is 6.20 Å². The van der Waals surface area contributed by atoms with Gasteiger partial charge in [0, 0.05) is 79.7 Å². The zero-order chi connectivity index (χ0) is 20.3. The monoisotopic (exact) mass is 431 g/mol. The molecule has 0 amide bonds. The second kappa shape index (κ2) is 6.79. The molecule has 0 bridgehead atoms. The van der Waals surface area contributed by atoms with Crippen molar-refractivity contribution in [2.75, 3.05) is 6.54 Å². The number of nitrogens with one attached hydrogen (secondary N) is 1. The number of halogens is 2. The van der Waals surface area contributed by atoms with Gasteiger partial charge in [0.15, 0.2) is 4.77 Å². The molecule has 3 heterocycles. The molecule has 2 aromatic heterocycles. The molecule has 29 heavy (non-hydrogen) atoms. The van der Waals surface area contributed by atoms with Crippen molar-refractivity contribution in [3.63, 3.8) is 0 Å². The topological polar surface area (TPSA) is 39.7 Å². The Balaban J connectivity index is 1.36. The molecule has 2 atom stereocenters. The van der Waals surface area contributed by atoms with Gasteiger partial charge in [-0.2, -0.15) is 5.10 Å². The first-order chi connectivity index (χ1) is 13.9. The van der Waals surface area contributed by atoms with E-state index in [9.17, 15) is 4.39 Å². The SMILES string of the molecule is Cn1cc(CNCCc2c3n(c(=S)n2C)C[C@@]2(c4cc(Cl)ccc4F)C[C@@H]32)cn1. The van der Waals surface area contributed by atoms with Crippen molar-refractivity contribution < 1.29 is 4.39 Å². The Morgan fingerprint density at radius 2 is 2.21 bits per heavy atom. The molecule has 152 valence electrons. The van der Waals surface area contributed by atoms with E-state index in [-0.39, 0.29) is 11.2 Å². The van der Waals surface area contributed by atoms with Crippen LogP contribution in [0.1, 0.15) is 34.9 Å². The van der Waals surface area contributed by atoms with Crippen LogP contribution in [0.5, 0.6) is 0 Å². The molecule has 1 aliphatic carbocycles. The molecule has 5 nitrogen and oxygen atoms in total. The Morgan fingerprint density at radius 3 is 2.97 bits per heavy atom. The van der Waals surface area contributed by atoms with Crippen molar-refractivity contribution in [1.82, 2.24) is 24.2 Å². The first-order valence-corrected chi connectivity index (χ1v) is 10.6. The summed E-state index contributed by atoms with van der Waals surface area (Å²) in [6, 6.07) is 4.89. The van der Waals surface area contributed by atoms with Crippen LogP contribution in [0.15, 0.2) is 30.6 Å². The summed E-state index contributed by atoms with van der Waals surface area (Å²) in [6.45, 7) is 2.37. The highest BCUT2D eigenvalue weighted by atomic mass is 35.5. The predicted octanol–water partition coefficient (Wildman–Crippen LogP) is 3.85. The van der Waals surface area contributed by atoms with E-state index in [1.807, 2.05) is 31.2 Å². The Bertz CT molecular complexity index is 1160. The van der Waals surface area contributed by atoms with Gasteiger partial charge in [0.1, 0.15) is 5.82 Å². The summed E-state index contributed by atoms with van der Waals surface area (Å²) in [5.41, 5.74) is 4.24. The number of aromatic nitrogens is 4. The lowest BCUT2D eigenvalue weighted by Crippen LogP contribution is -2.18. The minimum atomic E-state index is -0.190. The minimum absolute atomic E-state index is 0.169. The van der Waals surface area contributed by atoms with Crippen LogP contribution in [0.2, 0.25) is 5.02 Å². The number of rotatable bonds is 6. The van der Waals surface area contributed by atoms with E-state index in [1.54, 1.807) is 12.1 Å². The zero-order valence-corrected chi connectivity index (χ0v) is 18.0. The van der Waals surface area contributed by atoms with Crippen LogP contribution in [-0.2, 0) is 39.0 Å². The summed E-state index contributed by atoms with van der Waals surface area (Å²) in [6.07, 6.45) is 5.73. The molecule has 2 aliphatic rings. The molecule has 1 fully saturated rings. The normalized spacial score (nSPS) is 22.0. The largest absolute Gasteiger partial charge is 0.324 e. The van der Waals surface area contributed by atoms with E-state index < -0.39 is 0 Å². The second-order valence-corrected chi connectivity index (χ2v) is 9.05. The molecule has 3 aromatic rings. The van der Waals surface area contributed by atoms with Gasteiger partial charge in [-0.15, -0.1) is 0 Å². The average Bonchev–Trinajstić information content (AvgIpc) is 2.96. The highest BCUT2D eigenvalue weighted by molar-refractivity contribution is 7.71. The van der Waals surface area contributed by atoms with Crippen molar-refractivity contribution in [2.24, 2.45) is 14.1 Å². The number of fused-ring (bicyclic) bond motifs is 3. The maximum absolute atomic E-state index is 14.6. The summed E-state index contributed by atoms with van der Waals surface area (Å²) in [7, 11) is 3.96. The Kier molecular flexibility index (Phi) is 4.46. The van der Waals surface area contributed by atoms with Crippen LogP contribution in [0.25, 0.3) is 0 Å². The molecule has 5 rings (SSSR count). The molecule has 1 N–H and O–H groups in total. The fraction of sp³-hybridized carbons (Fsp3) is 0.429. The van der Waals surface area contributed by atoms with Crippen LogP contribution in [0.4, 0.5) is 4.39 Å². The number of hydrogen-bond donors (Lipinski definition) is 1. The first-order valence-electron chi connectivity index (χ1n) is 9.83. The van der Waals surface area contributed by atoms with Crippen molar-refractivity contribution in [2.45, 2.75) is 37.3 Å². The van der Waals surface area contributed by atoms with Gasteiger partial charge in [-0.05, 0) is 42.4 Å². The number of nitrogens with zero attached hydrogens (tertiary/aromatic N) is 4. The molecular formula is C21H23ClFN5S. The lowest BCUT2D eigenvalue weighted by molar-refractivity contribution is 0.526. The highest BCUT2D eigenvalue weighted by Gasteiger charge is 2.63. The Labute approximate surface area is 179 Å². The van der Waals surface area contributed by atoms with Crippen molar-refractivity contribution >= 4 is 23.8 Å². The minimum Gasteiger partial charge on any atom is -0.324 e. The maximum Gasteiger partial charge on any atom is 0.180 e. The van der Waals surface area contributed by atoms with Crippen molar-refractivity contribution in [3.8, 4) is 0 Å². The quantitative estimate of drug-likeness (QED) is 0.476. The van der Waals surface area contributed by atoms with Crippen LogP contribution >= 0.6 is 23.8 Å². The average molecular weight is 432 g/mol. The van der Waals surface area contributed by atoms with Gasteiger partial charge in [0.25, 0.3) is 0 Å². The Morgan fingerprint density at radius 1 is 1.38 bits per heavy atom. The smallest absolute Gasteiger partial charge is 0.180 e. The third-order valence-electron chi connectivity index (χ3n) is 6.45. The molecule has 1 aliphatic heterocycles. The zero-order valence-electron chi connectivity index (χ0n) is 16.5. The molecular weight excluding hydrogens is 409 g/mol. The molecule has 1 saturated carbocycles. The molecule has 0 radical (unpaired) electrons. The van der Waals surface area contributed by atoms with Gasteiger partial charge in [0.2, 0.25) is 0 Å². The fourth-order valence-corrected chi connectivity index (χ4v) is 5.40. The van der Waals surface area contributed by atoms with E-state index in [0.717, 1.165) is 42.8 Å². The fourth-order valence-electron chi connectivity index (χ4n) is 4.95. The van der Waals surface area contributed by atoms with Crippen LogP contribution in [0.3, 0.4) is 0 Å². The third-order valence-corrected chi connectivity index (χ3v) is 7.17. The molecule has 1 aromatic carbocycles. The van der Waals surface area contributed by atoms with E-state index in [0.29, 0.717) is 10.9 Å². The third kappa shape index (κ3) is 2.98. The number of imidazole rings is 1. The first kappa shape index (κ1) is 19.0. The van der Waals surface area contributed by atoms with Crippen LogP contribution < -0.4 is 5.32 Å². The molecule has 0 spiro atoms. The standard InChI is InChI=1S/C21H23ClFN5S/c1-26-11-13(10-25-26)9-24-6-5-18-19-16-8-21(16,12-28(19)20(29)27(18)2)15-7-14(22)3-4-17(15)23/h3-4,7,10-11,16,24H,5-6,8-9,12H2,1-2H3/t16-,21+/m0/s1. The molecule has 8 heteroatoms. The molecule has 0 unspecified atom stereocenters. The predicted molar refractivity (Wildman–Crippen MR) is 113 cm³/mol. The summed E-state index contributed by atoms with van der Waals surface area (Å²) in [5.74, 6) is 0.143. The maximum atomic E-state index is 14.6. The van der Waals surface area contributed by atoms with Gasteiger partial charge in [-0.25, -0.2) is 4.39 Å². The number of benzene rings is 1. The van der Waals surface area contributed by atoms with Crippen molar-refractivity contribution in [1.29, 1.82) is 0 Å². The summed E-state index contributed by atoms with van der Waals surface area (Å²) in [5, 5.41) is 8.27. The van der Waals surface area contributed by atoms with Crippen LogP contribution in [-0.4, -0.2) is 25.5 Å².